The van der Waals surface area contributed by atoms with E-state index in [0.29, 0.717) is 14.9 Å². The van der Waals surface area contributed by atoms with Crippen molar-refractivity contribution >= 4 is 45.2 Å². The summed E-state index contributed by atoms with van der Waals surface area (Å²) in [6.45, 7) is 1.73. The number of rotatable bonds is 6. The predicted molar refractivity (Wildman–Crippen MR) is 160 cm³/mol. The van der Waals surface area contributed by atoms with Gasteiger partial charge >= 0.3 is 5.69 Å². The zero-order valence-corrected chi connectivity index (χ0v) is 24.5. The third-order valence-electron chi connectivity index (χ3n) is 6.42. The van der Waals surface area contributed by atoms with Gasteiger partial charge in [-0.2, -0.15) is 0 Å². The molecule has 0 fully saturated rings. The Kier molecular flexibility index (Phi) is 7.56. The number of nitrogens with zero attached hydrogens (tertiary/aromatic N) is 3. The molecule has 0 N–H and O–H groups in total. The first-order valence-electron chi connectivity index (χ1n) is 12.0. The molecule has 0 spiro atoms. The van der Waals surface area contributed by atoms with Crippen LogP contribution in [0.25, 0.3) is 16.7 Å². The van der Waals surface area contributed by atoms with Gasteiger partial charge in [0.15, 0.2) is 0 Å². The van der Waals surface area contributed by atoms with Crippen LogP contribution in [0.4, 0.5) is 4.39 Å². The predicted octanol–water partition coefficient (Wildman–Crippen LogP) is 5.41. The minimum Gasteiger partial charge on any atom is -0.497 e. The van der Waals surface area contributed by atoms with Crippen molar-refractivity contribution < 1.29 is 13.9 Å². The average Bonchev–Trinajstić information content (AvgIpc) is 2.92. The Bertz CT molecular complexity index is 1970. The van der Waals surface area contributed by atoms with Crippen LogP contribution >= 0.6 is 34.2 Å². The molecule has 5 aromatic rings. The number of aryl methyl sites for hydroxylation is 2. The Labute approximate surface area is 245 Å². The normalized spacial score (nSPS) is 11.2. The highest BCUT2D eigenvalue weighted by molar-refractivity contribution is 14.1. The lowest BCUT2D eigenvalue weighted by atomic mass is 10.2. The van der Waals surface area contributed by atoms with Crippen molar-refractivity contribution in [1.82, 2.24) is 13.7 Å². The summed E-state index contributed by atoms with van der Waals surface area (Å²) >= 11 is 8.34. The number of ether oxygens (including phenoxy) is 2. The largest absolute Gasteiger partial charge is 0.497 e. The molecule has 0 saturated carbocycles. The molecule has 0 unspecified atom stereocenters. The topological polar surface area (TPSA) is 84.5 Å². The minimum absolute atomic E-state index is 0.0928. The van der Waals surface area contributed by atoms with Gasteiger partial charge in [0.05, 0.1) is 24.4 Å². The molecule has 3 aromatic carbocycles. The fourth-order valence-corrected chi connectivity index (χ4v) is 5.11. The molecule has 0 aliphatic heterocycles. The second-order valence-corrected chi connectivity index (χ2v) is 10.7. The van der Waals surface area contributed by atoms with Gasteiger partial charge in [-0.05, 0) is 83.1 Å². The Morgan fingerprint density at radius 1 is 0.950 bits per heavy atom. The van der Waals surface area contributed by atoms with Gasteiger partial charge in [-0.25, -0.2) is 13.8 Å². The minimum atomic E-state index is -0.825. The van der Waals surface area contributed by atoms with Crippen molar-refractivity contribution in [2.24, 2.45) is 7.05 Å². The molecule has 5 rings (SSSR count). The molecular formula is C29H22ClFIN3O5. The first-order chi connectivity index (χ1) is 19.1. The van der Waals surface area contributed by atoms with Crippen LogP contribution in [0, 0.1) is 16.3 Å². The summed E-state index contributed by atoms with van der Waals surface area (Å²) in [6, 6.07) is 17.4. The third-order valence-corrected chi connectivity index (χ3v) is 7.39. The Morgan fingerprint density at radius 3 is 2.33 bits per heavy atom. The molecule has 2 heterocycles. The molecule has 0 aliphatic rings. The highest BCUT2D eigenvalue weighted by atomic mass is 127. The zero-order chi connectivity index (χ0) is 28.7. The molecule has 40 heavy (non-hydrogen) atoms. The summed E-state index contributed by atoms with van der Waals surface area (Å²) in [7, 11) is 2.93. The van der Waals surface area contributed by atoms with Gasteiger partial charge in [0, 0.05) is 16.7 Å². The number of halogens is 3. The smallest absolute Gasteiger partial charge is 0.337 e. The van der Waals surface area contributed by atoms with Crippen molar-refractivity contribution in [2.45, 2.75) is 13.5 Å². The van der Waals surface area contributed by atoms with E-state index in [1.165, 1.54) is 26.3 Å². The van der Waals surface area contributed by atoms with E-state index in [4.69, 9.17) is 21.1 Å². The van der Waals surface area contributed by atoms with Crippen molar-refractivity contribution in [3.8, 4) is 22.9 Å². The molecule has 2 aromatic heterocycles. The molecule has 11 heteroatoms. The van der Waals surface area contributed by atoms with Gasteiger partial charge in [0.2, 0.25) is 0 Å². The van der Waals surface area contributed by atoms with E-state index < -0.39 is 22.6 Å². The van der Waals surface area contributed by atoms with Gasteiger partial charge in [-0.1, -0.05) is 29.8 Å². The van der Waals surface area contributed by atoms with Gasteiger partial charge in [-0.15, -0.1) is 0 Å². The maximum absolute atomic E-state index is 15.4. The molecule has 0 aliphatic carbocycles. The van der Waals surface area contributed by atoms with E-state index in [9.17, 15) is 14.4 Å². The van der Waals surface area contributed by atoms with E-state index in [2.05, 4.69) is 0 Å². The number of hydrogen-bond donors (Lipinski definition) is 0. The van der Waals surface area contributed by atoms with Crippen LogP contribution in [0.1, 0.15) is 11.1 Å². The summed E-state index contributed by atoms with van der Waals surface area (Å²) in [6.07, 6.45) is 0. The highest BCUT2D eigenvalue weighted by Crippen LogP contribution is 2.32. The van der Waals surface area contributed by atoms with Crippen LogP contribution in [-0.4, -0.2) is 20.8 Å². The fraction of sp³-hybridized carbons (Fsp3) is 0.138. The maximum atomic E-state index is 15.4. The van der Waals surface area contributed by atoms with Gasteiger partial charge in [0.25, 0.3) is 11.1 Å². The number of fused-ring (bicyclic) bond motifs is 1. The van der Waals surface area contributed by atoms with Crippen LogP contribution in [0.5, 0.6) is 17.2 Å². The average molecular weight is 674 g/mol. The summed E-state index contributed by atoms with van der Waals surface area (Å²) in [5.41, 5.74) is -0.844. The molecule has 0 bridgehead atoms. The maximum Gasteiger partial charge on any atom is 0.337 e. The van der Waals surface area contributed by atoms with Crippen LogP contribution in [0.15, 0.2) is 81.1 Å². The van der Waals surface area contributed by atoms with Crippen LogP contribution in [-0.2, 0) is 13.6 Å². The standard InChI is InChI=1S/C29H22ClFIN3O5/c1-16-4-11-23(20(30)12-16)40-24-14-25(36)33(2)27-26(24)28(37)34(15-17-5-8-19(39-3)9-6-17)29(38)35(27)22-10-7-18(32)13-21(22)31/h4-14H,15H2,1-3H3. The van der Waals surface area contributed by atoms with Gasteiger partial charge in [-0.3, -0.25) is 18.7 Å². The summed E-state index contributed by atoms with van der Waals surface area (Å²) in [4.78, 5) is 41.0. The number of methoxy groups -OCH3 is 1. The van der Waals surface area contributed by atoms with Crippen molar-refractivity contribution in [1.29, 1.82) is 0 Å². The number of benzene rings is 3. The Balaban J connectivity index is 1.87. The molecule has 0 radical (unpaired) electrons. The first kappa shape index (κ1) is 27.7. The molecule has 204 valence electrons. The number of pyridine rings is 1. The summed E-state index contributed by atoms with van der Waals surface area (Å²) in [5.74, 6) is -0.00272. The van der Waals surface area contributed by atoms with E-state index in [1.807, 2.05) is 29.5 Å². The van der Waals surface area contributed by atoms with Crippen molar-refractivity contribution in [3.05, 3.63) is 123 Å². The van der Waals surface area contributed by atoms with Crippen molar-refractivity contribution in [3.63, 3.8) is 0 Å². The monoisotopic (exact) mass is 673 g/mol. The third kappa shape index (κ3) is 5.04. The summed E-state index contributed by atoms with van der Waals surface area (Å²) in [5, 5.41) is 0.175. The van der Waals surface area contributed by atoms with Crippen LogP contribution in [0.2, 0.25) is 5.02 Å². The molecule has 0 atom stereocenters. The number of aromatic nitrogens is 3. The Morgan fingerprint density at radius 2 is 1.68 bits per heavy atom. The zero-order valence-electron chi connectivity index (χ0n) is 21.6. The molecule has 0 saturated heterocycles. The lowest BCUT2D eigenvalue weighted by Gasteiger charge is -2.19. The van der Waals surface area contributed by atoms with E-state index >= 15 is 4.39 Å². The van der Waals surface area contributed by atoms with Crippen LogP contribution in [0.3, 0.4) is 0 Å². The second kappa shape index (κ2) is 10.9. The van der Waals surface area contributed by atoms with Crippen molar-refractivity contribution in [2.75, 3.05) is 7.11 Å². The molecular weight excluding hydrogens is 652 g/mol. The molecule has 0 amide bonds. The number of hydrogen-bond acceptors (Lipinski definition) is 5. The second-order valence-electron chi connectivity index (χ2n) is 9.09. The lowest BCUT2D eigenvalue weighted by Crippen LogP contribution is -2.42. The van der Waals surface area contributed by atoms with E-state index in [0.717, 1.165) is 25.3 Å². The first-order valence-corrected chi connectivity index (χ1v) is 13.5. The fourth-order valence-electron chi connectivity index (χ4n) is 4.38. The van der Waals surface area contributed by atoms with Gasteiger partial charge in [0.1, 0.15) is 34.1 Å². The highest BCUT2D eigenvalue weighted by Gasteiger charge is 2.24. The van der Waals surface area contributed by atoms with E-state index in [-0.39, 0.29) is 39.8 Å². The SMILES string of the molecule is COc1ccc(Cn2c(=O)c3c(Oc4ccc(C)cc4Cl)cc(=O)n(C)c3n(-c3ccc(I)cc3F)c2=O)cc1. The van der Waals surface area contributed by atoms with E-state index in [1.54, 1.807) is 48.5 Å². The quantitative estimate of drug-likeness (QED) is 0.225. The lowest BCUT2D eigenvalue weighted by molar-refractivity contribution is 0.414. The summed E-state index contributed by atoms with van der Waals surface area (Å²) < 4.78 is 30.3. The van der Waals surface area contributed by atoms with Gasteiger partial charge < -0.3 is 9.47 Å². The van der Waals surface area contributed by atoms with Crippen LogP contribution < -0.4 is 26.3 Å². The molecule has 8 nitrogen and oxygen atoms in total. The Hall–Kier alpha value is -3.90.